The number of carbonyl (C=O) groups is 3. The third kappa shape index (κ3) is 2.85. The molecule has 22 heavy (non-hydrogen) atoms. The third-order valence-corrected chi connectivity index (χ3v) is 2.99. The number of barbiturate groups is 1. The van der Waals surface area contributed by atoms with Gasteiger partial charge in [-0.2, -0.15) is 0 Å². The molecule has 2 N–H and O–H groups in total. The monoisotopic (exact) mass is 306 g/mol. The number of nitrogens with one attached hydrogen (secondary N) is 2. The van der Waals surface area contributed by atoms with E-state index in [4.69, 9.17) is 14.2 Å². The van der Waals surface area contributed by atoms with Crippen LogP contribution in [-0.2, 0) is 9.59 Å². The van der Waals surface area contributed by atoms with Crippen molar-refractivity contribution in [3.63, 3.8) is 0 Å². The lowest BCUT2D eigenvalue weighted by Gasteiger charge is -2.16. The Morgan fingerprint density at radius 2 is 1.36 bits per heavy atom. The Kier molecular flexibility index (Phi) is 4.31. The molecule has 8 nitrogen and oxygen atoms in total. The molecule has 1 aromatic rings. The molecule has 2 rings (SSSR count). The van der Waals surface area contributed by atoms with Gasteiger partial charge in [-0.25, -0.2) is 4.79 Å². The molecule has 0 unspecified atom stereocenters. The molecule has 1 fully saturated rings. The van der Waals surface area contributed by atoms with Gasteiger partial charge in [0.1, 0.15) is 22.8 Å². The first-order valence-electron chi connectivity index (χ1n) is 6.18. The molecule has 1 heterocycles. The molecule has 1 aliphatic rings. The van der Waals surface area contributed by atoms with Crippen molar-refractivity contribution in [1.29, 1.82) is 0 Å². The molecular formula is C14H14N2O6. The molecule has 4 amide bonds. The number of hydrogen-bond acceptors (Lipinski definition) is 6. The standard InChI is InChI=1S/C14H14N2O6/c1-20-7-4-10(21-2)8(11(5-7)22-3)6-9-12(17)15-14(19)16-13(9)18/h4-6H,1-3H3,(H2,15,16,17,18,19). The second-order valence-electron chi connectivity index (χ2n) is 4.24. The molecule has 0 spiro atoms. The maximum absolute atomic E-state index is 11.8. The fourth-order valence-corrected chi connectivity index (χ4v) is 1.93. The zero-order chi connectivity index (χ0) is 16.3. The molecule has 0 bridgehead atoms. The van der Waals surface area contributed by atoms with Crippen LogP contribution in [0.4, 0.5) is 4.79 Å². The van der Waals surface area contributed by atoms with Gasteiger partial charge in [0.05, 0.1) is 26.9 Å². The van der Waals surface area contributed by atoms with E-state index in [-0.39, 0.29) is 5.57 Å². The minimum Gasteiger partial charge on any atom is -0.496 e. The van der Waals surface area contributed by atoms with E-state index in [9.17, 15) is 14.4 Å². The van der Waals surface area contributed by atoms with Gasteiger partial charge in [0, 0.05) is 12.1 Å². The Bertz CT molecular complexity index is 633. The van der Waals surface area contributed by atoms with Gasteiger partial charge in [-0.05, 0) is 6.08 Å². The van der Waals surface area contributed by atoms with Crippen molar-refractivity contribution in [3.8, 4) is 17.2 Å². The molecule has 1 saturated heterocycles. The number of hydrogen-bond donors (Lipinski definition) is 2. The Morgan fingerprint density at radius 1 is 0.864 bits per heavy atom. The van der Waals surface area contributed by atoms with E-state index in [1.54, 1.807) is 12.1 Å². The van der Waals surface area contributed by atoms with Crippen molar-refractivity contribution < 1.29 is 28.6 Å². The highest BCUT2D eigenvalue weighted by Gasteiger charge is 2.28. The SMILES string of the molecule is COc1cc(OC)c(C=C2C(=O)NC(=O)NC2=O)c(OC)c1. The zero-order valence-electron chi connectivity index (χ0n) is 12.2. The lowest BCUT2D eigenvalue weighted by Crippen LogP contribution is -2.51. The normalized spacial score (nSPS) is 14.1. The minimum atomic E-state index is -0.860. The van der Waals surface area contributed by atoms with Crippen LogP contribution in [0, 0.1) is 0 Å². The van der Waals surface area contributed by atoms with Crippen LogP contribution < -0.4 is 24.8 Å². The van der Waals surface area contributed by atoms with E-state index in [0.717, 1.165) is 0 Å². The lowest BCUT2D eigenvalue weighted by atomic mass is 10.1. The summed E-state index contributed by atoms with van der Waals surface area (Å²) in [6.45, 7) is 0. The Morgan fingerprint density at radius 3 is 1.77 bits per heavy atom. The number of ether oxygens (including phenoxy) is 3. The second-order valence-corrected chi connectivity index (χ2v) is 4.24. The highest BCUT2D eigenvalue weighted by atomic mass is 16.5. The largest absolute Gasteiger partial charge is 0.496 e. The quantitative estimate of drug-likeness (QED) is 0.619. The van der Waals surface area contributed by atoms with Gasteiger partial charge in [0.2, 0.25) is 0 Å². The first kappa shape index (κ1) is 15.4. The summed E-state index contributed by atoms with van der Waals surface area (Å²) in [7, 11) is 4.35. The van der Waals surface area contributed by atoms with Crippen molar-refractivity contribution >= 4 is 23.9 Å². The van der Waals surface area contributed by atoms with E-state index in [0.29, 0.717) is 22.8 Å². The summed E-state index contributed by atoms with van der Waals surface area (Å²) in [5.41, 5.74) is 0.141. The summed E-state index contributed by atoms with van der Waals surface area (Å²) in [6, 6.07) is 2.30. The first-order valence-corrected chi connectivity index (χ1v) is 6.18. The van der Waals surface area contributed by atoms with Crippen molar-refractivity contribution in [3.05, 3.63) is 23.3 Å². The summed E-state index contributed by atoms with van der Waals surface area (Å²) in [6.07, 6.45) is 1.29. The van der Waals surface area contributed by atoms with Gasteiger partial charge in [0.25, 0.3) is 11.8 Å². The van der Waals surface area contributed by atoms with Gasteiger partial charge in [-0.15, -0.1) is 0 Å². The van der Waals surface area contributed by atoms with Crippen LogP contribution in [0.25, 0.3) is 6.08 Å². The summed E-state index contributed by atoms with van der Waals surface area (Å²) < 4.78 is 15.6. The number of amides is 4. The molecule has 1 aliphatic heterocycles. The van der Waals surface area contributed by atoms with E-state index < -0.39 is 17.8 Å². The smallest absolute Gasteiger partial charge is 0.328 e. The molecule has 0 atom stereocenters. The number of imide groups is 2. The van der Waals surface area contributed by atoms with Crippen LogP contribution in [0.2, 0.25) is 0 Å². The molecule has 0 aromatic heterocycles. The summed E-state index contributed by atoms with van der Waals surface area (Å²) in [5.74, 6) is -0.409. The fraction of sp³-hybridized carbons (Fsp3) is 0.214. The molecule has 116 valence electrons. The summed E-state index contributed by atoms with van der Waals surface area (Å²) in [4.78, 5) is 34.6. The van der Waals surface area contributed by atoms with E-state index >= 15 is 0 Å². The molecule has 1 aromatic carbocycles. The van der Waals surface area contributed by atoms with Gasteiger partial charge >= 0.3 is 6.03 Å². The van der Waals surface area contributed by atoms with Crippen LogP contribution in [0.5, 0.6) is 17.2 Å². The molecular weight excluding hydrogens is 292 g/mol. The molecule has 0 radical (unpaired) electrons. The third-order valence-electron chi connectivity index (χ3n) is 2.99. The van der Waals surface area contributed by atoms with Gasteiger partial charge in [0.15, 0.2) is 0 Å². The highest BCUT2D eigenvalue weighted by Crippen LogP contribution is 2.35. The topological polar surface area (TPSA) is 103 Å². The van der Waals surface area contributed by atoms with Crippen molar-refractivity contribution in [2.75, 3.05) is 21.3 Å². The van der Waals surface area contributed by atoms with E-state index in [1.807, 2.05) is 10.6 Å². The van der Waals surface area contributed by atoms with Crippen molar-refractivity contribution in [1.82, 2.24) is 10.6 Å². The number of benzene rings is 1. The predicted molar refractivity (Wildman–Crippen MR) is 75.8 cm³/mol. The van der Waals surface area contributed by atoms with Gasteiger partial charge < -0.3 is 14.2 Å². The Balaban J connectivity index is 2.56. The predicted octanol–water partition coefficient (Wildman–Crippen LogP) is 0.462. The number of rotatable bonds is 4. The van der Waals surface area contributed by atoms with E-state index in [1.165, 1.54) is 27.4 Å². The van der Waals surface area contributed by atoms with E-state index in [2.05, 4.69) is 0 Å². The average Bonchev–Trinajstić information content (AvgIpc) is 2.50. The Hall–Kier alpha value is -3.03. The molecule has 0 saturated carbocycles. The number of methoxy groups -OCH3 is 3. The maximum Gasteiger partial charge on any atom is 0.328 e. The maximum atomic E-state index is 11.8. The summed E-state index contributed by atoms with van der Waals surface area (Å²) >= 11 is 0. The number of carbonyl (C=O) groups excluding carboxylic acids is 3. The highest BCUT2D eigenvalue weighted by molar-refractivity contribution is 6.31. The van der Waals surface area contributed by atoms with Gasteiger partial charge in [-0.3, -0.25) is 20.2 Å². The lowest BCUT2D eigenvalue weighted by molar-refractivity contribution is -0.123. The van der Waals surface area contributed by atoms with Gasteiger partial charge in [-0.1, -0.05) is 0 Å². The average molecular weight is 306 g/mol. The number of urea groups is 1. The fourth-order valence-electron chi connectivity index (χ4n) is 1.93. The minimum absolute atomic E-state index is 0.235. The van der Waals surface area contributed by atoms with Crippen LogP contribution >= 0.6 is 0 Å². The zero-order valence-corrected chi connectivity index (χ0v) is 12.2. The first-order chi connectivity index (χ1) is 10.5. The van der Waals surface area contributed by atoms with Crippen LogP contribution in [0.1, 0.15) is 5.56 Å². The van der Waals surface area contributed by atoms with Crippen LogP contribution in [0.15, 0.2) is 17.7 Å². The van der Waals surface area contributed by atoms with Crippen LogP contribution in [-0.4, -0.2) is 39.2 Å². The van der Waals surface area contributed by atoms with Crippen molar-refractivity contribution in [2.45, 2.75) is 0 Å². The summed E-state index contributed by atoms with van der Waals surface area (Å²) in [5, 5.41) is 3.99. The molecule has 0 aliphatic carbocycles. The van der Waals surface area contributed by atoms with Crippen LogP contribution in [0.3, 0.4) is 0 Å². The van der Waals surface area contributed by atoms with Crippen molar-refractivity contribution in [2.24, 2.45) is 0 Å². The Labute approximate surface area is 126 Å². The molecule has 8 heteroatoms. The second kappa shape index (κ2) is 6.17.